The summed E-state index contributed by atoms with van der Waals surface area (Å²) in [5.74, 6) is 0.957. The fourth-order valence-corrected chi connectivity index (χ4v) is 2.13. The molecule has 1 atom stereocenters. The Balaban J connectivity index is 1.81. The van der Waals surface area contributed by atoms with E-state index in [0.29, 0.717) is 23.8 Å². The van der Waals surface area contributed by atoms with E-state index in [0.717, 1.165) is 6.54 Å². The number of ether oxygens (including phenoxy) is 1. The third kappa shape index (κ3) is 3.58. The van der Waals surface area contributed by atoms with Gasteiger partial charge in [-0.3, -0.25) is 0 Å². The van der Waals surface area contributed by atoms with Crippen LogP contribution in [0.15, 0.2) is 18.2 Å². The average Bonchev–Trinajstić information content (AvgIpc) is 3.15. The molecule has 1 aromatic carbocycles. The highest BCUT2D eigenvalue weighted by molar-refractivity contribution is 6.21. The van der Waals surface area contributed by atoms with Crippen molar-refractivity contribution in [1.82, 2.24) is 5.32 Å². The van der Waals surface area contributed by atoms with Crippen LogP contribution in [0.2, 0.25) is 0 Å². The topological polar surface area (TPSA) is 21.3 Å². The second-order valence-electron chi connectivity index (χ2n) is 4.44. The predicted octanol–water partition coefficient (Wildman–Crippen LogP) is 2.94. The van der Waals surface area contributed by atoms with Gasteiger partial charge in [0.15, 0.2) is 0 Å². The molecule has 2 rings (SSSR count). The molecule has 0 bridgehead atoms. The third-order valence-corrected chi connectivity index (χ3v) is 3.56. The lowest BCUT2D eigenvalue weighted by Gasteiger charge is -2.10. The Morgan fingerprint density at radius 3 is 2.88 bits per heavy atom. The van der Waals surface area contributed by atoms with Crippen LogP contribution in [0.3, 0.4) is 0 Å². The van der Waals surface area contributed by atoms with Crippen molar-refractivity contribution in [3.8, 4) is 5.75 Å². The van der Waals surface area contributed by atoms with Gasteiger partial charge in [0.25, 0.3) is 0 Å². The Hall–Kier alpha value is -0.800. The fraction of sp³-hybridized carbons (Fsp3) is 0.538. The lowest BCUT2D eigenvalue weighted by atomic mass is 10.2. The smallest absolute Gasteiger partial charge is 0.131 e. The summed E-state index contributed by atoms with van der Waals surface area (Å²) in [6.45, 7) is 1.24. The molecule has 0 saturated heterocycles. The number of halogens is 2. The van der Waals surface area contributed by atoms with Crippen LogP contribution in [-0.2, 0) is 6.54 Å². The number of benzene rings is 1. The monoisotopic (exact) mass is 257 g/mol. The van der Waals surface area contributed by atoms with Crippen molar-refractivity contribution >= 4 is 11.6 Å². The van der Waals surface area contributed by atoms with Crippen molar-refractivity contribution in [2.24, 2.45) is 5.92 Å². The predicted molar refractivity (Wildman–Crippen MR) is 67.0 cm³/mol. The van der Waals surface area contributed by atoms with Crippen molar-refractivity contribution in [3.63, 3.8) is 0 Å². The van der Waals surface area contributed by atoms with Crippen molar-refractivity contribution in [2.75, 3.05) is 13.7 Å². The van der Waals surface area contributed by atoms with Crippen molar-refractivity contribution in [3.05, 3.63) is 29.6 Å². The summed E-state index contributed by atoms with van der Waals surface area (Å²) in [6, 6.07) is 4.90. The van der Waals surface area contributed by atoms with Crippen molar-refractivity contribution < 1.29 is 9.13 Å². The van der Waals surface area contributed by atoms with E-state index in [-0.39, 0.29) is 11.2 Å². The Bertz CT molecular complexity index is 382. The minimum absolute atomic E-state index is 0.177. The van der Waals surface area contributed by atoms with E-state index in [1.54, 1.807) is 12.1 Å². The molecule has 1 fully saturated rings. The van der Waals surface area contributed by atoms with Crippen LogP contribution in [-0.4, -0.2) is 19.0 Å². The number of hydrogen-bond donors (Lipinski definition) is 1. The Morgan fingerprint density at radius 1 is 1.53 bits per heavy atom. The molecule has 1 aromatic rings. The molecule has 4 heteroatoms. The summed E-state index contributed by atoms with van der Waals surface area (Å²) in [5.41, 5.74) is 0.644. The van der Waals surface area contributed by atoms with Gasteiger partial charge in [-0.15, -0.1) is 11.6 Å². The molecular weight excluding hydrogens is 241 g/mol. The number of rotatable bonds is 6. The van der Waals surface area contributed by atoms with Gasteiger partial charge in [0.2, 0.25) is 0 Å². The van der Waals surface area contributed by atoms with E-state index in [2.05, 4.69) is 5.32 Å². The zero-order valence-electron chi connectivity index (χ0n) is 9.88. The zero-order chi connectivity index (χ0) is 12.3. The van der Waals surface area contributed by atoms with Gasteiger partial charge in [-0.2, -0.15) is 0 Å². The first-order chi connectivity index (χ1) is 8.20. The maximum absolute atomic E-state index is 13.6. The molecule has 2 nitrogen and oxygen atoms in total. The summed E-state index contributed by atoms with van der Waals surface area (Å²) >= 11 is 6.16. The Kier molecular flexibility index (Phi) is 4.24. The maximum Gasteiger partial charge on any atom is 0.131 e. The van der Waals surface area contributed by atoms with E-state index in [4.69, 9.17) is 16.3 Å². The second kappa shape index (κ2) is 5.69. The standard InChI is InChI=1S/C13H17ClFNO/c1-17-11-5-4-10(13(15)6-11)7-16-8-12(14)9-2-3-9/h4-6,9,12,16H,2-3,7-8H2,1H3. The highest BCUT2D eigenvalue weighted by Crippen LogP contribution is 2.35. The summed E-state index contributed by atoms with van der Waals surface area (Å²) in [4.78, 5) is 0. The van der Waals surface area contributed by atoms with E-state index in [1.165, 1.54) is 26.0 Å². The molecule has 0 radical (unpaired) electrons. The van der Waals surface area contributed by atoms with Crippen LogP contribution in [0.5, 0.6) is 5.75 Å². The van der Waals surface area contributed by atoms with Crippen LogP contribution in [0.25, 0.3) is 0 Å². The minimum Gasteiger partial charge on any atom is -0.497 e. The van der Waals surface area contributed by atoms with Gasteiger partial charge in [0.05, 0.1) is 7.11 Å². The number of nitrogens with one attached hydrogen (secondary N) is 1. The Morgan fingerprint density at radius 2 is 2.29 bits per heavy atom. The van der Waals surface area contributed by atoms with Gasteiger partial charge in [-0.25, -0.2) is 4.39 Å². The van der Waals surface area contributed by atoms with E-state index < -0.39 is 0 Å². The van der Waals surface area contributed by atoms with Gasteiger partial charge >= 0.3 is 0 Å². The molecule has 0 aromatic heterocycles. The number of methoxy groups -OCH3 is 1. The second-order valence-corrected chi connectivity index (χ2v) is 5.00. The first-order valence-electron chi connectivity index (χ1n) is 5.88. The first-order valence-corrected chi connectivity index (χ1v) is 6.31. The minimum atomic E-state index is -0.241. The molecule has 1 aliphatic rings. The molecule has 0 spiro atoms. The highest BCUT2D eigenvalue weighted by Gasteiger charge is 2.29. The summed E-state index contributed by atoms with van der Waals surface area (Å²) in [5, 5.41) is 3.37. The fourth-order valence-electron chi connectivity index (χ4n) is 1.77. The van der Waals surface area contributed by atoms with Crippen LogP contribution in [0, 0.1) is 11.7 Å². The van der Waals surface area contributed by atoms with Gasteiger partial charge in [-0.1, -0.05) is 6.07 Å². The van der Waals surface area contributed by atoms with Crippen LogP contribution >= 0.6 is 11.6 Å². The van der Waals surface area contributed by atoms with Gasteiger partial charge in [-0.05, 0) is 24.8 Å². The first kappa shape index (κ1) is 12.7. The largest absolute Gasteiger partial charge is 0.497 e. The molecule has 94 valence electrons. The summed E-state index contributed by atoms with van der Waals surface area (Å²) < 4.78 is 18.5. The molecule has 0 heterocycles. The van der Waals surface area contributed by atoms with E-state index in [1.807, 2.05) is 0 Å². The van der Waals surface area contributed by atoms with Crippen LogP contribution in [0.4, 0.5) is 4.39 Å². The zero-order valence-corrected chi connectivity index (χ0v) is 10.6. The molecule has 1 aliphatic carbocycles. The highest BCUT2D eigenvalue weighted by atomic mass is 35.5. The van der Waals surface area contributed by atoms with Crippen molar-refractivity contribution in [1.29, 1.82) is 0 Å². The lowest BCUT2D eigenvalue weighted by molar-refractivity contribution is 0.410. The van der Waals surface area contributed by atoms with Gasteiger partial charge in [0, 0.05) is 30.1 Å². The summed E-state index contributed by atoms with van der Waals surface area (Å²) in [6.07, 6.45) is 2.46. The average molecular weight is 258 g/mol. The number of hydrogen-bond acceptors (Lipinski definition) is 2. The van der Waals surface area contributed by atoms with Crippen LogP contribution in [0.1, 0.15) is 18.4 Å². The molecule has 0 amide bonds. The van der Waals surface area contributed by atoms with Crippen molar-refractivity contribution in [2.45, 2.75) is 24.8 Å². The number of alkyl halides is 1. The molecule has 17 heavy (non-hydrogen) atoms. The third-order valence-electron chi connectivity index (χ3n) is 3.05. The Labute approximate surface area is 106 Å². The van der Waals surface area contributed by atoms with Crippen LogP contribution < -0.4 is 10.1 Å². The normalized spacial score (nSPS) is 16.9. The SMILES string of the molecule is COc1ccc(CNCC(Cl)C2CC2)c(F)c1. The molecule has 1 saturated carbocycles. The van der Waals surface area contributed by atoms with Gasteiger partial charge in [0.1, 0.15) is 11.6 Å². The molecule has 1 unspecified atom stereocenters. The van der Waals surface area contributed by atoms with E-state index >= 15 is 0 Å². The van der Waals surface area contributed by atoms with Gasteiger partial charge < -0.3 is 10.1 Å². The maximum atomic E-state index is 13.6. The molecule has 1 N–H and O–H groups in total. The molecular formula is C13H17ClFNO. The summed E-state index contributed by atoms with van der Waals surface area (Å²) in [7, 11) is 1.53. The molecule has 0 aliphatic heterocycles. The lowest BCUT2D eigenvalue weighted by Crippen LogP contribution is -2.24. The quantitative estimate of drug-likeness (QED) is 0.792. The van der Waals surface area contributed by atoms with E-state index in [9.17, 15) is 4.39 Å².